The normalized spacial score (nSPS) is 12.5. The second-order valence-corrected chi connectivity index (χ2v) is 10.6. The highest BCUT2D eigenvalue weighted by Crippen LogP contribution is 2.19. The SMILES string of the molecule is Cc1ccc(S(=O)(=O)N(CCc2ccccc2)CC(=O)NC(C)c2cccc(Br)c2)cc1. The van der Waals surface area contributed by atoms with Crippen molar-refractivity contribution in [3.8, 4) is 0 Å². The van der Waals surface area contributed by atoms with Gasteiger partial charge in [-0.15, -0.1) is 0 Å². The van der Waals surface area contributed by atoms with Crippen LogP contribution in [0.5, 0.6) is 0 Å². The van der Waals surface area contributed by atoms with E-state index in [9.17, 15) is 13.2 Å². The van der Waals surface area contributed by atoms with E-state index in [1.165, 1.54) is 4.31 Å². The quantitative estimate of drug-likeness (QED) is 0.442. The molecule has 3 aromatic carbocycles. The van der Waals surface area contributed by atoms with Gasteiger partial charge in [0.25, 0.3) is 0 Å². The largest absolute Gasteiger partial charge is 0.348 e. The second-order valence-electron chi connectivity index (χ2n) is 7.73. The molecule has 168 valence electrons. The number of amides is 1. The summed E-state index contributed by atoms with van der Waals surface area (Å²) in [7, 11) is -3.83. The standard InChI is InChI=1S/C25H27BrN2O3S/c1-19-11-13-24(14-12-19)32(30,31)28(16-15-21-7-4-3-5-8-21)18-25(29)27-20(2)22-9-6-10-23(26)17-22/h3-14,17,20H,15-16,18H2,1-2H3,(H,27,29). The molecule has 1 atom stereocenters. The highest BCUT2D eigenvalue weighted by molar-refractivity contribution is 9.10. The second kappa shape index (κ2) is 10.9. The first-order valence-electron chi connectivity index (χ1n) is 10.4. The Labute approximate surface area is 198 Å². The van der Waals surface area contributed by atoms with E-state index in [0.29, 0.717) is 6.42 Å². The average molecular weight is 515 g/mol. The van der Waals surface area contributed by atoms with Crippen LogP contribution in [0.25, 0.3) is 0 Å². The Morgan fingerprint density at radius 3 is 2.34 bits per heavy atom. The van der Waals surface area contributed by atoms with Gasteiger partial charge in [0.05, 0.1) is 17.5 Å². The maximum atomic E-state index is 13.3. The van der Waals surface area contributed by atoms with Crippen molar-refractivity contribution in [2.24, 2.45) is 0 Å². The Morgan fingerprint density at radius 2 is 1.69 bits per heavy atom. The van der Waals surface area contributed by atoms with E-state index >= 15 is 0 Å². The third-order valence-corrected chi connectivity index (χ3v) is 7.55. The number of carbonyl (C=O) groups is 1. The molecule has 7 heteroatoms. The van der Waals surface area contributed by atoms with Crippen LogP contribution < -0.4 is 5.32 Å². The Balaban J connectivity index is 1.78. The lowest BCUT2D eigenvalue weighted by molar-refractivity contribution is -0.121. The van der Waals surface area contributed by atoms with E-state index in [1.54, 1.807) is 24.3 Å². The molecule has 0 aliphatic heterocycles. The maximum absolute atomic E-state index is 13.3. The number of hydrogen-bond donors (Lipinski definition) is 1. The van der Waals surface area contributed by atoms with Gasteiger partial charge in [-0.1, -0.05) is 76.1 Å². The minimum absolute atomic E-state index is 0.184. The highest BCUT2D eigenvalue weighted by Gasteiger charge is 2.27. The summed E-state index contributed by atoms with van der Waals surface area (Å²) in [6.07, 6.45) is 0.514. The average Bonchev–Trinajstić information content (AvgIpc) is 2.77. The number of carbonyl (C=O) groups excluding carboxylic acids is 1. The van der Waals surface area contributed by atoms with Gasteiger partial charge in [-0.3, -0.25) is 4.79 Å². The fourth-order valence-electron chi connectivity index (χ4n) is 3.35. The molecule has 0 heterocycles. The molecule has 0 aliphatic carbocycles. The summed E-state index contributed by atoms with van der Waals surface area (Å²) in [5.41, 5.74) is 2.92. The molecule has 32 heavy (non-hydrogen) atoms. The van der Waals surface area contributed by atoms with Gasteiger partial charge in [-0.2, -0.15) is 4.31 Å². The van der Waals surface area contributed by atoms with Crippen LogP contribution in [0.3, 0.4) is 0 Å². The van der Waals surface area contributed by atoms with E-state index < -0.39 is 10.0 Å². The summed E-state index contributed by atoms with van der Waals surface area (Å²) in [5.74, 6) is -0.346. The number of halogens is 1. The van der Waals surface area contributed by atoms with Crippen LogP contribution in [0.2, 0.25) is 0 Å². The molecule has 0 aromatic heterocycles. The number of benzene rings is 3. The lowest BCUT2D eigenvalue weighted by Gasteiger charge is -2.23. The van der Waals surface area contributed by atoms with Crippen molar-refractivity contribution < 1.29 is 13.2 Å². The van der Waals surface area contributed by atoms with Gasteiger partial charge in [0.1, 0.15) is 0 Å². The molecule has 3 rings (SSSR count). The Morgan fingerprint density at radius 1 is 1.00 bits per heavy atom. The van der Waals surface area contributed by atoms with E-state index in [-0.39, 0.29) is 29.9 Å². The van der Waals surface area contributed by atoms with Gasteiger partial charge >= 0.3 is 0 Å². The number of nitrogens with one attached hydrogen (secondary N) is 1. The first kappa shape index (κ1) is 24.2. The maximum Gasteiger partial charge on any atom is 0.243 e. The summed E-state index contributed by atoms with van der Waals surface area (Å²) in [5, 5.41) is 2.92. The van der Waals surface area contributed by atoms with Crippen LogP contribution in [0.15, 0.2) is 88.2 Å². The molecule has 0 bridgehead atoms. The molecule has 0 aliphatic rings. The van der Waals surface area contributed by atoms with E-state index in [1.807, 2.05) is 68.4 Å². The topological polar surface area (TPSA) is 66.5 Å². The molecule has 5 nitrogen and oxygen atoms in total. The molecular formula is C25H27BrN2O3S. The first-order chi connectivity index (χ1) is 15.3. The molecule has 3 aromatic rings. The van der Waals surface area contributed by atoms with Gasteiger partial charge in [0, 0.05) is 11.0 Å². The fourth-order valence-corrected chi connectivity index (χ4v) is 5.16. The van der Waals surface area contributed by atoms with Gasteiger partial charge in [-0.05, 0) is 55.7 Å². The van der Waals surface area contributed by atoms with E-state index in [4.69, 9.17) is 0 Å². The molecule has 1 amide bonds. The highest BCUT2D eigenvalue weighted by atomic mass is 79.9. The third kappa shape index (κ3) is 6.51. The van der Waals surface area contributed by atoms with Gasteiger partial charge in [0.15, 0.2) is 0 Å². The Bertz CT molecular complexity index is 1150. The summed E-state index contributed by atoms with van der Waals surface area (Å²) in [4.78, 5) is 13.0. The minimum Gasteiger partial charge on any atom is -0.348 e. The molecule has 0 fully saturated rings. The van der Waals surface area contributed by atoms with Crippen molar-refractivity contribution in [1.29, 1.82) is 0 Å². The van der Waals surface area contributed by atoms with Crippen molar-refractivity contribution in [3.05, 3.63) is 100 Å². The lowest BCUT2D eigenvalue weighted by atomic mass is 10.1. The Kier molecular flexibility index (Phi) is 8.23. The summed E-state index contributed by atoms with van der Waals surface area (Å²) < 4.78 is 28.9. The number of sulfonamides is 1. The van der Waals surface area contributed by atoms with Crippen LogP contribution in [0.4, 0.5) is 0 Å². The summed E-state index contributed by atoms with van der Waals surface area (Å²) >= 11 is 3.44. The van der Waals surface area contributed by atoms with Gasteiger partial charge in [-0.25, -0.2) is 8.42 Å². The van der Waals surface area contributed by atoms with E-state index in [2.05, 4.69) is 21.2 Å². The zero-order chi connectivity index (χ0) is 23.1. The number of nitrogens with zero attached hydrogens (tertiary/aromatic N) is 1. The monoisotopic (exact) mass is 514 g/mol. The molecular weight excluding hydrogens is 488 g/mol. The zero-order valence-electron chi connectivity index (χ0n) is 18.2. The van der Waals surface area contributed by atoms with Crippen LogP contribution in [-0.2, 0) is 21.2 Å². The van der Waals surface area contributed by atoms with Gasteiger partial charge < -0.3 is 5.32 Å². The van der Waals surface area contributed by atoms with Crippen molar-refractivity contribution in [2.45, 2.75) is 31.2 Å². The molecule has 1 N–H and O–H groups in total. The molecule has 0 saturated heterocycles. The van der Waals surface area contributed by atoms with Crippen LogP contribution in [0, 0.1) is 6.92 Å². The van der Waals surface area contributed by atoms with Crippen molar-refractivity contribution in [2.75, 3.05) is 13.1 Å². The van der Waals surface area contributed by atoms with Crippen molar-refractivity contribution in [3.63, 3.8) is 0 Å². The molecule has 0 spiro atoms. The minimum atomic E-state index is -3.83. The summed E-state index contributed by atoms with van der Waals surface area (Å²) in [6, 6.07) is 23.8. The van der Waals surface area contributed by atoms with Crippen molar-refractivity contribution in [1.82, 2.24) is 9.62 Å². The van der Waals surface area contributed by atoms with Crippen LogP contribution >= 0.6 is 15.9 Å². The van der Waals surface area contributed by atoms with E-state index in [0.717, 1.165) is 21.2 Å². The summed E-state index contributed by atoms with van der Waals surface area (Å²) in [6.45, 7) is 3.74. The van der Waals surface area contributed by atoms with Crippen molar-refractivity contribution >= 4 is 31.9 Å². The van der Waals surface area contributed by atoms with Crippen LogP contribution in [0.1, 0.15) is 29.7 Å². The number of aryl methyl sites for hydroxylation is 1. The smallest absolute Gasteiger partial charge is 0.243 e. The lowest BCUT2D eigenvalue weighted by Crippen LogP contribution is -2.42. The fraction of sp³-hybridized carbons (Fsp3) is 0.240. The predicted molar refractivity (Wildman–Crippen MR) is 131 cm³/mol. The predicted octanol–water partition coefficient (Wildman–Crippen LogP) is 4.87. The number of rotatable bonds is 9. The zero-order valence-corrected chi connectivity index (χ0v) is 20.6. The molecule has 0 radical (unpaired) electrons. The third-order valence-electron chi connectivity index (χ3n) is 5.20. The van der Waals surface area contributed by atoms with Gasteiger partial charge in [0.2, 0.25) is 15.9 Å². The Hall–Kier alpha value is -2.48. The molecule has 1 unspecified atom stereocenters. The first-order valence-corrected chi connectivity index (χ1v) is 12.6. The number of hydrogen-bond acceptors (Lipinski definition) is 3. The molecule has 0 saturated carbocycles. The van der Waals surface area contributed by atoms with Crippen LogP contribution in [-0.4, -0.2) is 31.7 Å².